The van der Waals surface area contributed by atoms with Gasteiger partial charge in [-0.1, -0.05) is 30.3 Å². The maximum Gasteiger partial charge on any atom is 0.270 e. The SMILES string of the molecule is O=C(NCCCN1CCOCC1)c1cc(-c2ccc(F)cc2)nc2cc(-c3ccccc3)nn12. The number of carbonyl (C=O) groups excluding carboxylic acids is 1. The van der Waals surface area contributed by atoms with Crippen LogP contribution in [0, 0.1) is 5.82 Å². The molecule has 2 aromatic heterocycles. The van der Waals surface area contributed by atoms with E-state index in [0.29, 0.717) is 23.6 Å². The third-order valence-electron chi connectivity index (χ3n) is 5.91. The molecule has 1 N–H and O–H groups in total. The first-order chi connectivity index (χ1) is 16.7. The number of hydrogen-bond acceptors (Lipinski definition) is 5. The van der Waals surface area contributed by atoms with Crippen LogP contribution in [0.1, 0.15) is 16.9 Å². The average molecular weight is 460 g/mol. The van der Waals surface area contributed by atoms with E-state index in [-0.39, 0.29) is 11.7 Å². The minimum atomic E-state index is -0.321. The third-order valence-corrected chi connectivity index (χ3v) is 5.91. The van der Waals surface area contributed by atoms with Gasteiger partial charge in [0.05, 0.1) is 24.6 Å². The molecular formula is C26H26FN5O2. The Morgan fingerprint density at radius 2 is 1.71 bits per heavy atom. The van der Waals surface area contributed by atoms with Crippen LogP contribution in [0.4, 0.5) is 4.39 Å². The summed E-state index contributed by atoms with van der Waals surface area (Å²) in [6.07, 6.45) is 0.846. The number of aromatic nitrogens is 3. The number of benzene rings is 2. The maximum atomic E-state index is 13.5. The van der Waals surface area contributed by atoms with Gasteiger partial charge in [-0.15, -0.1) is 0 Å². The number of hydrogen-bond donors (Lipinski definition) is 1. The normalized spacial score (nSPS) is 14.4. The lowest BCUT2D eigenvalue weighted by Crippen LogP contribution is -2.38. The van der Waals surface area contributed by atoms with Gasteiger partial charge in [0.15, 0.2) is 5.65 Å². The van der Waals surface area contributed by atoms with Crippen molar-refractivity contribution in [2.75, 3.05) is 39.4 Å². The molecule has 1 amide bonds. The molecule has 174 valence electrons. The number of nitrogens with one attached hydrogen (secondary N) is 1. The van der Waals surface area contributed by atoms with Crippen LogP contribution in [0.25, 0.3) is 28.2 Å². The molecule has 0 spiro atoms. The molecule has 8 heteroatoms. The summed E-state index contributed by atoms with van der Waals surface area (Å²) in [5.74, 6) is -0.542. The Hall–Kier alpha value is -3.62. The van der Waals surface area contributed by atoms with Gasteiger partial charge in [0.25, 0.3) is 5.91 Å². The molecule has 5 rings (SSSR count). The van der Waals surface area contributed by atoms with Crippen molar-refractivity contribution in [2.45, 2.75) is 6.42 Å². The molecule has 0 saturated carbocycles. The van der Waals surface area contributed by atoms with Crippen molar-refractivity contribution in [1.82, 2.24) is 24.8 Å². The van der Waals surface area contributed by atoms with E-state index in [9.17, 15) is 9.18 Å². The molecule has 1 fully saturated rings. The lowest BCUT2D eigenvalue weighted by molar-refractivity contribution is 0.0374. The Morgan fingerprint density at radius 1 is 0.971 bits per heavy atom. The van der Waals surface area contributed by atoms with Crippen molar-refractivity contribution in [3.05, 3.63) is 78.2 Å². The molecule has 3 heterocycles. The number of rotatable bonds is 7. The molecule has 1 aliphatic heterocycles. The van der Waals surface area contributed by atoms with Gasteiger partial charge in [0.1, 0.15) is 11.5 Å². The largest absolute Gasteiger partial charge is 0.379 e. The summed E-state index contributed by atoms with van der Waals surface area (Å²) >= 11 is 0. The van der Waals surface area contributed by atoms with Crippen LogP contribution in [-0.4, -0.2) is 64.8 Å². The van der Waals surface area contributed by atoms with E-state index in [2.05, 4.69) is 15.3 Å². The van der Waals surface area contributed by atoms with Crippen LogP contribution in [0.15, 0.2) is 66.7 Å². The summed E-state index contributed by atoms with van der Waals surface area (Å²) in [6, 6.07) is 19.4. The van der Waals surface area contributed by atoms with Gasteiger partial charge < -0.3 is 10.1 Å². The number of fused-ring (bicyclic) bond motifs is 1. The van der Waals surface area contributed by atoms with E-state index < -0.39 is 0 Å². The van der Waals surface area contributed by atoms with Gasteiger partial charge in [-0.25, -0.2) is 13.9 Å². The highest BCUT2D eigenvalue weighted by Gasteiger charge is 2.17. The summed E-state index contributed by atoms with van der Waals surface area (Å²) in [5, 5.41) is 7.69. The van der Waals surface area contributed by atoms with E-state index >= 15 is 0 Å². The van der Waals surface area contributed by atoms with Crippen molar-refractivity contribution in [3.8, 4) is 22.5 Å². The van der Waals surface area contributed by atoms with E-state index in [0.717, 1.165) is 56.1 Å². The van der Waals surface area contributed by atoms with Crippen LogP contribution in [0.2, 0.25) is 0 Å². The van der Waals surface area contributed by atoms with E-state index in [4.69, 9.17) is 9.72 Å². The Morgan fingerprint density at radius 3 is 2.47 bits per heavy atom. The van der Waals surface area contributed by atoms with Crippen molar-refractivity contribution >= 4 is 11.6 Å². The summed E-state index contributed by atoms with van der Waals surface area (Å²) < 4.78 is 20.4. The molecule has 0 atom stereocenters. The molecule has 7 nitrogen and oxygen atoms in total. The summed E-state index contributed by atoms with van der Waals surface area (Å²) in [6.45, 7) is 4.84. The Kier molecular flexibility index (Phi) is 6.60. The number of halogens is 1. The Bertz CT molecular complexity index is 1270. The monoisotopic (exact) mass is 459 g/mol. The standard InChI is InChI=1S/C26H26FN5O2/c27-21-9-7-20(8-10-21)22-17-24(26(33)28-11-4-12-31-13-15-34-16-14-31)32-25(29-22)18-23(30-32)19-5-2-1-3-6-19/h1-3,5-10,17-18H,4,11-16H2,(H,28,33). The maximum absolute atomic E-state index is 13.5. The quantitative estimate of drug-likeness (QED) is 0.427. The molecule has 0 radical (unpaired) electrons. The fraction of sp³-hybridized carbons (Fsp3) is 0.269. The van der Waals surface area contributed by atoms with E-state index in [1.165, 1.54) is 12.1 Å². The number of morpholine rings is 1. The minimum absolute atomic E-state index is 0.222. The average Bonchev–Trinajstić information content (AvgIpc) is 3.32. The van der Waals surface area contributed by atoms with Crippen LogP contribution in [0.3, 0.4) is 0 Å². The van der Waals surface area contributed by atoms with Gasteiger partial charge in [-0.2, -0.15) is 5.10 Å². The van der Waals surface area contributed by atoms with Gasteiger partial charge in [0.2, 0.25) is 0 Å². The second kappa shape index (κ2) is 10.1. The predicted octanol–water partition coefficient (Wildman–Crippen LogP) is 3.65. The van der Waals surface area contributed by atoms with Gasteiger partial charge in [-0.3, -0.25) is 9.69 Å². The highest BCUT2D eigenvalue weighted by atomic mass is 19.1. The Balaban J connectivity index is 1.42. The zero-order chi connectivity index (χ0) is 23.3. The first-order valence-electron chi connectivity index (χ1n) is 11.5. The minimum Gasteiger partial charge on any atom is -0.379 e. The lowest BCUT2D eigenvalue weighted by Gasteiger charge is -2.26. The molecule has 0 bridgehead atoms. The first kappa shape index (κ1) is 22.2. The zero-order valence-corrected chi connectivity index (χ0v) is 18.8. The third kappa shape index (κ3) is 4.98. The topological polar surface area (TPSA) is 71.8 Å². The number of nitrogens with zero attached hydrogens (tertiary/aromatic N) is 4. The predicted molar refractivity (Wildman–Crippen MR) is 128 cm³/mol. The number of ether oxygens (including phenoxy) is 1. The zero-order valence-electron chi connectivity index (χ0n) is 18.8. The van der Waals surface area contributed by atoms with Crippen molar-refractivity contribution in [2.24, 2.45) is 0 Å². The number of amides is 1. The van der Waals surface area contributed by atoms with Crippen LogP contribution >= 0.6 is 0 Å². The second-order valence-corrected chi connectivity index (χ2v) is 8.26. The molecule has 4 aromatic rings. The van der Waals surface area contributed by atoms with Crippen molar-refractivity contribution in [3.63, 3.8) is 0 Å². The summed E-state index contributed by atoms with van der Waals surface area (Å²) in [7, 11) is 0. The van der Waals surface area contributed by atoms with Crippen molar-refractivity contribution in [1.29, 1.82) is 0 Å². The molecule has 34 heavy (non-hydrogen) atoms. The fourth-order valence-corrected chi connectivity index (χ4v) is 4.07. The van der Waals surface area contributed by atoms with Gasteiger partial charge in [-0.05, 0) is 43.3 Å². The van der Waals surface area contributed by atoms with E-state index in [1.54, 1.807) is 22.7 Å². The highest BCUT2D eigenvalue weighted by Crippen LogP contribution is 2.24. The van der Waals surface area contributed by atoms with E-state index in [1.807, 2.05) is 36.4 Å². The fourth-order valence-electron chi connectivity index (χ4n) is 4.07. The van der Waals surface area contributed by atoms with Crippen LogP contribution < -0.4 is 5.32 Å². The van der Waals surface area contributed by atoms with Crippen molar-refractivity contribution < 1.29 is 13.9 Å². The molecule has 1 saturated heterocycles. The van der Waals surface area contributed by atoms with Gasteiger partial charge >= 0.3 is 0 Å². The van der Waals surface area contributed by atoms with Crippen LogP contribution in [0.5, 0.6) is 0 Å². The smallest absolute Gasteiger partial charge is 0.270 e. The molecule has 0 unspecified atom stereocenters. The molecule has 1 aliphatic rings. The number of carbonyl (C=O) groups is 1. The Labute approximate surface area is 197 Å². The van der Waals surface area contributed by atoms with Crippen LogP contribution in [-0.2, 0) is 4.74 Å². The molecule has 2 aromatic carbocycles. The van der Waals surface area contributed by atoms with Gasteiger partial charge in [0, 0.05) is 36.8 Å². The second-order valence-electron chi connectivity index (χ2n) is 8.26. The lowest BCUT2D eigenvalue weighted by atomic mass is 10.1. The molecule has 0 aliphatic carbocycles. The highest BCUT2D eigenvalue weighted by molar-refractivity contribution is 5.94. The summed E-state index contributed by atoms with van der Waals surface area (Å²) in [4.78, 5) is 20.2. The first-order valence-corrected chi connectivity index (χ1v) is 11.5. The summed E-state index contributed by atoms with van der Waals surface area (Å²) in [5.41, 5.74) is 3.93. The molecular weight excluding hydrogens is 433 g/mol.